The van der Waals surface area contributed by atoms with Gasteiger partial charge in [0.2, 0.25) is 17.7 Å². The number of hydrogen-bond acceptors (Lipinski definition) is 27. The van der Waals surface area contributed by atoms with Crippen LogP contribution < -0.4 is 0 Å². The Bertz CT molecular complexity index is 2330. The predicted molar refractivity (Wildman–Crippen MR) is 295 cm³/mol. The lowest BCUT2D eigenvalue weighted by atomic mass is 9.92. The molecule has 33 nitrogen and oxygen atoms in total. The Labute approximate surface area is 504 Å². The summed E-state index contributed by atoms with van der Waals surface area (Å²) in [6.07, 6.45) is -18.5. The van der Waals surface area contributed by atoms with Crippen LogP contribution in [0, 0.1) is 17.8 Å². The van der Waals surface area contributed by atoms with Crippen molar-refractivity contribution in [3.63, 3.8) is 0 Å². The number of likely N-dealkylation sites (tertiary alicyclic amines) is 3. The minimum absolute atomic E-state index is 0.0268. The highest BCUT2D eigenvalue weighted by Gasteiger charge is 2.48. The van der Waals surface area contributed by atoms with E-state index in [0.717, 1.165) is 0 Å². The average Bonchev–Trinajstić information content (AvgIpc) is 4.35. The van der Waals surface area contributed by atoms with Gasteiger partial charge in [-0.25, -0.2) is 9.13 Å². The van der Waals surface area contributed by atoms with Crippen LogP contribution >= 0.6 is 23.2 Å². The lowest BCUT2D eigenvalue weighted by molar-refractivity contribution is -0.282. The summed E-state index contributed by atoms with van der Waals surface area (Å²) in [7, 11) is -14.3. The van der Waals surface area contributed by atoms with E-state index in [9.17, 15) is 93.8 Å². The minimum atomic E-state index is -5.12. The molecule has 0 aromatic rings. The highest BCUT2D eigenvalue weighted by molar-refractivity contribution is 7.53. The highest BCUT2D eigenvalue weighted by atomic mass is 31.2. The number of aliphatic hydroxyl groups is 10. The molecule has 9 unspecified atom stereocenters. The Morgan fingerprint density at radius 1 is 0.483 bits per heavy atom. The Morgan fingerprint density at radius 2 is 0.793 bits per heavy atom. The van der Waals surface area contributed by atoms with Gasteiger partial charge in [0.05, 0.1) is 120 Å². The molecule has 0 aliphatic carbocycles. The van der Waals surface area contributed by atoms with Gasteiger partial charge in [0.1, 0.15) is 36.6 Å². The number of carbonyl (C=O) groups excluding carboxylic acids is 3. The first-order valence-electron chi connectivity index (χ1n) is 29.5. The summed E-state index contributed by atoms with van der Waals surface area (Å²) in [6, 6.07) is -2.95. The van der Waals surface area contributed by atoms with Crippen LogP contribution in [0.15, 0.2) is 0 Å². The van der Waals surface area contributed by atoms with E-state index in [-0.39, 0.29) is 97.2 Å². The number of rotatable bonds is 32. The molecule has 6 aliphatic rings. The van der Waals surface area contributed by atoms with Gasteiger partial charge in [-0.3, -0.25) is 37.0 Å². The summed E-state index contributed by atoms with van der Waals surface area (Å²) in [5.41, 5.74) is -0.818. The Kier molecular flexibility index (Phi) is 28.4. The first-order valence-corrected chi connectivity index (χ1v) is 34.1. The molecule has 6 rings (SSSR count). The molecular formula is C51H92N3O30P3. The maximum Gasteiger partial charge on any atom is 0.472 e. The SMILES string of the molecule is CC1[C@H](OCCCC(=O)N2C[C@H](O)C[C@H]2COP(=O)(O)O[C@@H]2C[C@@H](COP(=O)(O)O[C@@H]3C[C@@H](COP(=O)(O)C(C)C)N(C(=O)CCCO[C@@H]4OC(CO)[C@H](O)[C@H](O)C4C)C3)N(C(=O)CCCO[C@@H]3OC(CO)[C@H](O)[C@H](O)C3C)C2)OC(CO)[C@H](O)[C@@H]1O. The summed E-state index contributed by atoms with van der Waals surface area (Å²) in [4.78, 5) is 77.5. The molecule has 506 valence electrons. The first kappa shape index (κ1) is 74.2. The molecule has 0 bridgehead atoms. The number of nitrogens with zero attached hydrogens (tertiary/aromatic N) is 3. The van der Waals surface area contributed by atoms with E-state index in [1.807, 2.05) is 0 Å². The molecule has 24 atom stereocenters. The van der Waals surface area contributed by atoms with Gasteiger partial charge in [-0.2, -0.15) is 0 Å². The summed E-state index contributed by atoms with van der Waals surface area (Å²) in [6.45, 7) is 3.08. The molecule has 6 heterocycles. The fourth-order valence-corrected chi connectivity index (χ4v) is 13.8. The van der Waals surface area contributed by atoms with Crippen LogP contribution in [0.2, 0.25) is 0 Å². The number of amides is 3. The molecule has 36 heteroatoms. The van der Waals surface area contributed by atoms with Crippen LogP contribution in [0.1, 0.15) is 92.4 Å². The van der Waals surface area contributed by atoms with Crippen LogP contribution in [0.25, 0.3) is 0 Å². The lowest BCUT2D eigenvalue weighted by Crippen LogP contribution is -2.55. The summed E-state index contributed by atoms with van der Waals surface area (Å²) in [5.74, 6) is -3.66. The van der Waals surface area contributed by atoms with Gasteiger partial charge < -0.3 is 113 Å². The molecule has 0 radical (unpaired) electrons. The van der Waals surface area contributed by atoms with Gasteiger partial charge >= 0.3 is 23.2 Å². The summed E-state index contributed by atoms with van der Waals surface area (Å²) in [5, 5.41) is 101. The number of carbonyl (C=O) groups is 3. The second-order valence-electron chi connectivity index (χ2n) is 23.5. The van der Waals surface area contributed by atoms with Gasteiger partial charge in [-0.05, 0) is 38.5 Å². The van der Waals surface area contributed by atoms with Gasteiger partial charge in [-0.1, -0.05) is 34.6 Å². The molecule has 6 fully saturated rings. The van der Waals surface area contributed by atoms with E-state index in [2.05, 4.69) is 0 Å². The normalized spacial score (nSPS) is 38.0. The van der Waals surface area contributed by atoms with Gasteiger partial charge in [0, 0.05) is 56.7 Å². The van der Waals surface area contributed by atoms with Gasteiger partial charge in [0.15, 0.2) is 18.9 Å². The van der Waals surface area contributed by atoms with E-state index < -0.39 is 214 Å². The monoisotopic (exact) mass is 1320 g/mol. The average molecular weight is 1320 g/mol. The van der Waals surface area contributed by atoms with E-state index >= 15 is 0 Å². The molecule has 6 saturated heterocycles. The summed E-state index contributed by atoms with van der Waals surface area (Å²) >= 11 is 0. The number of hydrogen-bond donors (Lipinski definition) is 13. The van der Waals surface area contributed by atoms with Crippen molar-refractivity contribution in [2.45, 2.75) is 208 Å². The Hall–Kier alpha value is -1.86. The van der Waals surface area contributed by atoms with E-state index in [1.54, 1.807) is 20.8 Å². The zero-order valence-electron chi connectivity index (χ0n) is 49.5. The number of aliphatic hydroxyl groups excluding tert-OH is 10. The van der Waals surface area contributed by atoms with Crippen LogP contribution in [-0.2, 0) is 79.1 Å². The van der Waals surface area contributed by atoms with Crippen molar-refractivity contribution in [3.05, 3.63) is 0 Å². The van der Waals surface area contributed by atoms with Crippen molar-refractivity contribution >= 4 is 41.0 Å². The maximum absolute atomic E-state index is 14.0. The summed E-state index contributed by atoms with van der Waals surface area (Å²) < 4.78 is 101. The van der Waals surface area contributed by atoms with Crippen LogP contribution in [0.3, 0.4) is 0 Å². The zero-order valence-corrected chi connectivity index (χ0v) is 52.2. The number of β-amino-alcohol motifs (C(OH)–C–C–N with tert-alkyl or cyclic N) is 1. The molecule has 0 saturated carbocycles. The Morgan fingerprint density at radius 3 is 1.11 bits per heavy atom. The molecule has 0 aromatic carbocycles. The third-order valence-corrected chi connectivity index (χ3v) is 20.6. The standard InChI is InChI=1S/C51H92N3O30P3/c1-27(2)85(68,69)77-24-32-16-35(19-53(32)41(60)10-7-13-75-50-29(4)44(63)47(66)38(22-56)81-50)83-87(72,73)79-26-33-17-36(20-54(33)42(61)11-8-14-76-51-30(5)45(64)48(67)39(23-57)82-51)84-86(70,71)78-25-31-15-34(58)18-52(31)40(59)9-6-12-74-49-28(3)43(62)46(65)37(21-55)80-49/h27-39,43-51,55-58,62-67H,6-26H2,1-5H3,(H,68,69)(H,70,71)(H,72,73)/t28?,29?,30?,31-,32-,33-,34+,35+,36+,37?,38?,39?,43+,44+,45+,46-,47-,48-,49+,50+,51+/m0/s1. The second kappa shape index (κ2) is 33.3. The molecule has 3 amide bonds. The van der Waals surface area contributed by atoms with Crippen molar-refractivity contribution in [2.24, 2.45) is 17.8 Å². The number of phosphoric acid groups is 2. The second-order valence-corrected chi connectivity index (χ2v) is 28.7. The van der Waals surface area contributed by atoms with Crippen molar-refractivity contribution in [3.8, 4) is 0 Å². The molecule has 0 aromatic heterocycles. The van der Waals surface area contributed by atoms with E-state index in [1.165, 1.54) is 28.5 Å². The largest absolute Gasteiger partial charge is 0.472 e. The third-order valence-electron chi connectivity index (χ3n) is 16.6. The third kappa shape index (κ3) is 20.3. The zero-order chi connectivity index (χ0) is 64.3. The van der Waals surface area contributed by atoms with Crippen molar-refractivity contribution in [2.75, 3.05) is 79.1 Å². The van der Waals surface area contributed by atoms with E-state index in [0.29, 0.717) is 0 Å². The number of ether oxygens (including phenoxy) is 6. The topological polar surface area (TPSA) is 477 Å². The van der Waals surface area contributed by atoms with E-state index in [4.69, 9.17) is 51.0 Å². The fourth-order valence-electron chi connectivity index (χ4n) is 11.3. The van der Waals surface area contributed by atoms with Crippen LogP contribution in [-0.4, -0.2) is 293 Å². The Balaban J connectivity index is 1.06. The van der Waals surface area contributed by atoms with Crippen LogP contribution in [0.5, 0.6) is 0 Å². The molecule has 0 spiro atoms. The maximum atomic E-state index is 14.0. The minimum Gasteiger partial charge on any atom is -0.394 e. The quantitative estimate of drug-likeness (QED) is 0.0242. The molecule has 6 aliphatic heterocycles. The number of phosphoric ester groups is 2. The molecule has 13 N–H and O–H groups in total. The predicted octanol–water partition coefficient (Wildman–Crippen LogP) is -2.62. The van der Waals surface area contributed by atoms with Crippen molar-refractivity contribution < 1.29 is 145 Å². The molecule has 87 heavy (non-hydrogen) atoms. The fraction of sp³-hybridized carbons (Fsp3) is 0.941. The smallest absolute Gasteiger partial charge is 0.394 e. The highest BCUT2D eigenvalue weighted by Crippen LogP contribution is 2.51. The van der Waals surface area contributed by atoms with Gasteiger partial charge in [-0.15, -0.1) is 0 Å². The van der Waals surface area contributed by atoms with Gasteiger partial charge in [0.25, 0.3) is 0 Å². The first-order chi connectivity index (χ1) is 40.9. The van der Waals surface area contributed by atoms with Crippen molar-refractivity contribution in [1.82, 2.24) is 14.7 Å². The lowest BCUT2D eigenvalue weighted by Gasteiger charge is -2.40. The van der Waals surface area contributed by atoms with Crippen LogP contribution in [0.4, 0.5) is 0 Å². The van der Waals surface area contributed by atoms with Crippen molar-refractivity contribution in [1.29, 1.82) is 0 Å². The molecular weight excluding hydrogens is 1230 g/mol.